The van der Waals surface area contributed by atoms with Crippen LogP contribution in [0.3, 0.4) is 0 Å². The summed E-state index contributed by atoms with van der Waals surface area (Å²) in [5, 5.41) is 2.53. The van der Waals surface area contributed by atoms with Crippen LogP contribution < -0.4 is 10.4 Å². The summed E-state index contributed by atoms with van der Waals surface area (Å²) in [6.45, 7) is 20.2. The second-order valence-electron chi connectivity index (χ2n) is 9.19. The standard InChI is InChI=1S/C21H34O2Si3/c1-17-15-18(2)21(19(3)16-17)26(22-24(4,5)6,23-25(7,8)9)20-13-11-10-12-14-20/h10-16H,1-9H3. The van der Waals surface area contributed by atoms with E-state index in [1.807, 2.05) is 0 Å². The molecule has 0 bridgehead atoms. The first-order valence-electron chi connectivity index (χ1n) is 9.38. The van der Waals surface area contributed by atoms with Crippen LogP contribution in [-0.4, -0.2) is 25.2 Å². The smallest absolute Gasteiger partial charge is 0.387 e. The second kappa shape index (κ2) is 7.56. The van der Waals surface area contributed by atoms with Gasteiger partial charge in [-0.2, -0.15) is 0 Å². The molecule has 2 nitrogen and oxygen atoms in total. The van der Waals surface area contributed by atoms with Crippen LogP contribution in [0.15, 0.2) is 42.5 Å². The minimum atomic E-state index is -2.81. The van der Waals surface area contributed by atoms with Crippen LogP contribution in [0.1, 0.15) is 16.7 Å². The number of hydrogen-bond acceptors (Lipinski definition) is 2. The monoisotopic (exact) mass is 402 g/mol. The Morgan fingerprint density at radius 3 is 1.46 bits per heavy atom. The van der Waals surface area contributed by atoms with E-state index in [4.69, 9.17) is 8.23 Å². The molecular formula is C21H34O2Si3. The van der Waals surface area contributed by atoms with Gasteiger partial charge in [0.25, 0.3) is 0 Å². The van der Waals surface area contributed by atoms with Crippen LogP contribution in [0.25, 0.3) is 0 Å². The molecule has 0 saturated carbocycles. The van der Waals surface area contributed by atoms with Gasteiger partial charge in [0.15, 0.2) is 16.6 Å². The maximum atomic E-state index is 7.07. The molecule has 0 aliphatic rings. The molecule has 0 N–H and O–H groups in total. The van der Waals surface area contributed by atoms with Gasteiger partial charge in [-0.05, 0) is 76.4 Å². The molecule has 0 unspecified atom stereocenters. The third-order valence-electron chi connectivity index (χ3n) is 4.06. The zero-order valence-electron chi connectivity index (χ0n) is 17.9. The predicted molar refractivity (Wildman–Crippen MR) is 121 cm³/mol. The van der Waals surface area contributed by atoms with E-state index in [1.54, 1.807) is 0 Å². The van der Waals surface area contributed by atoms with Gasteiger partial charge in [-0.3, -0.25) is 0 Å². The minimum Gasteiger partial charge on any atom is -0.430 e. The van der Waals surface area contributed by atoms with Crippen molar-refractivity contribution in [2.24, 2.45) is 0 Å². The van der Waals surface area contributed by atoms with Crippen LogP contribution in [0, 0.1) is 20.8 Å². The van der Waals surface area contributed by atoms with Gasteiger partial charge in [0.2, 0.25) is 0 Å². The molecular weight excluding hydrogens is 368 g/mol. The highest BCUT2D eigenvalue weighted by atomic mass is 28.5. The molecule has 0 heterocycles. The largest absolute Gasteiger partial charge is 0.430 e. The van der Waals surface area contributed by atoms with Crippen molar-refractivity contribution in [3.8, 4) is 0 Å². The topological polar surface area (TPSA) is 18.5 Å². The van der Waals surface area contributed by atoms with Crippen LogP contribution in [-0.2, 0) is 8.23 Å². The summed E-state index contributed by atoms with van der Waals surface area (Å²) in [4.78, 5) is 0. The summed E-state index contributed by atoms with van der Waals surface area (Å²) < 4.78 is 14.1. The fourth-order valence-corrected chi connectivity index (χ4v) is 14.9. The number of aryl methyl sites for hydroxylation is 3. The summed E-state index contributed by atoms with van der Waals surface area (Å²) in [6, 6.07) is 15.2. The lowest BCUT2D eigenvalue weighted by molar-refractivity contribution is 0.413. The van der Waals surface area contributed by atoms with Gasteiger partial charge in [0.05, 0.1) is 0 Å². The normalized spacial score (nSPS) is 13.1. The Kier molecular flexibility index (Phi) is 6.20. The van der Waals surface area contributed by atoms with Crippen molar-refractivity contribution in [1.82, 2.24) is 0 Å². The molecule has 0 aromatic heterocycles. The quantitative estimate of drug-likeness (QED) is 0.642. The molecule has 2 aromatic carbocycles. The fraction of sp³-hybridized carbons (Fsp3) is 0.429. The van der Waals surface area contributed by atoms with Gasteiger partial charge in [-0.1, -0.05) is 48.0 Å². The van der Waals surface area contributed by atoms with E-state index < -0.39 is 25.2 Å². The van der Waals surface area contributed by atoms with E-state index in [2.05, 4.69) is 103 Å². The molecule has 26 heavy (non-hydrogen) atoms. The highest BCUT2D eigenvalue weighted by Gasteiger charge is 2.49. The highest BCUT2D eigenvalue weighted by Crippen LogP contribution is 2.24. The van der Waals surface area contributed by atoms with Gasteiger partial charge < -0.3 is 8.23 Å². The zero-order valence-corrected chi connectivity index (χ0v) is 20.9. The van der Waals surface area contributed by atoms with Crippen molar-refractivity contribution in [3.05, 3.63) is 59.2 Å². The van der Waals surface area contributed by atoms with Crippen molar-refractivity contribution in [3.63, 3.8) is 0 Å². The third-order valence-corrected chi connectivity index (χ3v) is 13.8. The zero-order chi connectivity index (χ0) is 19.8. The molecule has 2 aromatic rings. The van der Waals surface area contributed by atoms with E-state index in [1.165, 1.54) is 27.1 Å². The average molecular weight is 403 g/mol. The number of rotatable bonds is 6. The Bertz CT molecular complexity index is 720. The maximum absolute atomic E-state index is 7.07. The second-order valence-corrected chi connectivity index (χ2v) is 21.6. The summed E-state index contributed by atoms with van der Waals surface area (Å²) in [5.41, 5.74) is 3.87. The van der Waals surface area contributed by atoms with Crippen molar-refractivity contribution in [1.29, 1.82) is 0 Å². The van der Waals surface area contributed by atoms with Crippen molar-refractivity contribution in [2.75, 3.05) is 0 Å². The Morgan fingerprint density at radius 2 is 1.08 bits per heavy atom. The first kappa shape index (κ1) is 21.3. The van der Waals surface area contributed by atoms with Crippen molar-refractivity contribution in [2.45, 2.75) is 60.1 Å². The molecule has 0 aliphatic heterocycles. The summed E-state index contributed by atoms with van der Waals surface area (Å²) in [7, 11) is -6.52. The molecule has 142 valence electrons. The molecule has 0 radical (unpaired) electrons. The fourth-order valence-electron chi connectivity index (χ4n) is 3.60. The molecule has 0 saturated heterocycles. The molecule has 0 aliphatic carbocycles. The lowest BCUT2D eigenvalue weighted by Crippen LogP contribution is -2.70. The molecule has 0 spiro atoms. The van der Waals surface area contributed by atoms with E-state index >= 15 is 0 Å². The van der Waals surface area contributed by atoms with Gasteiger partial charge in [0.1, 0.15) is 0 Å². The molecule has 5 heteroatoms. The van der Waals surface area contributed by atoms with E-state index in [-0.39, 0.29) is 0 Å². The number of hydrogen-bond donors (Lipinski definition) is 0. The minimum absolute atomic E-state index is 1.22. The Morgan fingerprint density at radius 1 is 0.654 bits per heavy atom. The first-order chi connectivity index (χ1) is 11.8. The van der Waals surface area contributed by atoms with Gasteiger partial charge >= 0.3 is 8.56 Å². The Hall–Kier alpha value is -0.989. The molecule has 0 fully saturated rings. The predicted octanol–water partition coefficient (Wildman–Crippen LogP) is 4.87. The summed E-state index contributed by atoms with van der Waals surface area (Å²) in [6.07, 6.45) is 0. The van der Waals surface area contributed by atoms with Crippen LogP contribution in [0.5, 0.6) is 0 Å². The third kappa shape index (κ3) is 5.04. The van der Waals surface area contributed by atoms with Gasteiger partial charge in [-0.25, -0.2) is 0 Å². The van der Waals surface area contributed by atoms with E-state index in [0.29, 0.717) is 0 Å². The van der Waals surface area contributed by atoms with Gasteiger partial charge in [0, 0.05) is 5.19 Å². The number of benzene rings is 2. The van der Waals surface area contributed by atoms with Crippen LogP contribution in [0.2, 0.25) is 39.3 Å². The maximum Gasteiger partial charge on any atom is 0.387 e. The highest BCUT2D eigenvalue weighted by molar-refractivity contribution is 7.02. The average Bonchev–Trinajstić information content (AvgIpc) is 2.43. The summed E-state index contributed by atoms with van der Waals surface area (Å²) in [5.74, 6) is 0. The van der Waals surface area contributed by atoms with Crippen LogP contribution in [0.4, 0.5) is 0 Å². The van der Waals surface area contributed by atoms with E-state index in [0.717, 1.165) is 0 Å². The van der Waals surface area contributed by atoms with Crippen molar-refractivity contribution >= 4 is 35.6 Å². The van der Waals surface area contributed by atoms with E-state index in [9.17, 15) is 0 Å². The molecule has 2 rings (SSSR count). The molecule has 0 amide bonds. The lowest BCUT2D eigenvalue weighted by Gasteiger charge is -2.42. The van der Waals surface area contributed by atoms with Crippen molar-refractivity contribution < 1.29 is 8.23 Å². The Labute approximate surface area is 163 Å². The first-order valence-corrected chi connectivity index (χ1v) is 18.0. The van der Waals surface area contributed by atoms with Crippen LogP contribution >= 0.6 is 0 Å². The lowest BCUT2D eigenvalue weighted by atomic mass is 10.1. The Balaban J connectivity index is 2.87. The molecule has 0 atom stereocenters. The summed E-state index contributed by atoms with van der Waals surface area (Å²) >= 11 is 0. The van der Waals surface area contributed by atoms with Gasteiger partial charge in [-0.15, -0.1) is 0 Å². The SMILES string of the molecule is Cc1cc(C)c([Si](O[Si](C)(C)C)(O[Si](C)(C)C)c2ccccc2)c(C)c1.